The molecule has 0 fully saturated rings. The van der Waals surface area contributed by atoms with Crippen LogP contribution in [0.5, 0.6) is 5.75 Å². The molecule has 25 heavy (non-hydrogen) atoms. The van der Waals surface area contributed by atoms with Crippen molar-refractivity contribution in [1.82, 2.24) is 15.5 Å². The fourth-order valence-corrected chi connectivity index (χ4v) is 4.57. The molecular weight excluding hydrogens is 398 g/mol. The number of carbonyl (C=O) groups excluding carboxylic acids is 1. The molecule has 1 aromatic carbocycles. The Morgan fingerprint density at radius 2 is 1.92 bits per heavy atom. The monoisotopic (exact) mass is 417 g/mol. The van der Waals surface area contributed by atoms with Gasteiger partial charge in [0.1, 0.15) is 12.4 Å². The van der Waals surface area contributed by atoms with E-state index in [1.54, 1.807) is 36.0 Å². The maximum Gasteiger partial charge on any atom is 0.230 e. The highest BCUT2D eigenvalue weighted by Crippen LogP contribution is 2.29. The van der Waals surface area contributed by atoms with Crippen LogP contribution in [0.3, 0.4) is 0 Å². The number of halogens is 1. The summed E-state index contributed by atoms with van der Waals surface area (Å²) in [5.74, 6) is 2.65. The van der Waals surface area contributed by atoms with Crippen molar-refractivity contribution in [3.05, 3.63) is 29.3 Å². The number of carbonyl (C=O) groups is 1. The average molecular weight is 418 g/mol. The van der Waals surface area contributed by atoms with Crippen LogP contribution in [0, 0.1) is 5.92 Å². The second kappa shape index (κ2) is 10.9. The van der Waals surface area contributed by atoms with Crippen LogP contribution in [-0.2, 0) is 4.79 Å². The molecule has 136 valence electrons. The molecule has 0 unspecified atom stereocenters. The number of aromatic nitrogens is 2. The second-order valence-corrected chi connectivity index (χ2v) is 9.38. The predicted molar refractivity (Wildman–Crippen MR) is 106 cm³/mol. The van der Waals surface area contributed by atoms with E-state index in [4.69, 9.17) is 16.3 Å². The number of amides is 1. The zero-order chi connectivity index (χ0) is 18.1. The summed E-state index contributed by atoms with van der Waals surface area (Å²) in [6.07, 6.45) is 0. The van der Waals surface area contributed by atoms with Crippen LogP contribution in [0.4, 0.5) is 0 Å². The number of thioether (sulfide) groups is 2. The first-order valence-electron chi connectivity index (χ1n) is 7.77. The first kappa shape index (κ1) is 20.4. The highest BCUT2D eigenvalue weighted by Gasteiger charge is 2.09. The van der Waals surface area contributed by atoms with E-state index in [1.165, 1.54) is 23.1 Å². The van der Waals surface area contributed by atoms with E-state index in [-0.39, 0.29) is 5.91 Å². The Morgan fingerprint density at radius 1 is 1.24 bits per heavy atom. The molecule has 0 aliphatic carbocycles. The Kier molecular flexibility index (Phi) is 8.88. The Bertz CT molecular complexity index is 665. The van der Waals surface area contributed by atoms with Crippen molar-refractivity contribution >= 4 is 52.4 Å². The lowest BCUT2D eigenvalue weighted by Crippen LogP contribution is -2.29. The number of benzene rings is 1. The van der Waals surface area contributed by atoms with Crippen molar-refractivity contribution in [2.24, 2.45) is 5.92 Å². The van der Waals surface area contributed by atoms with Gasteiger partial charge in [0.25, 0.3) is 0 Å². The highest BCUT2D eigenvalue weighted by molar-refractivity contribution is 8.03. The largest absolute Gasteiger partial charge is 0.492 e. The van der Waals surface area contributed by atoms with Crippen molar-refractivity contribution in [2.75, 3.05) is 24.7 Å². The molecule has 2 aromatic rings. The quantitative estimate of drug-likeness (QED) is 0.461. The molecule has 1 heterocycles. The van der Waals surface area contributed by atoms with Crippen LogP contribution in [0.1, 0.15) is 13.8 Å². The van der Waals surface area contributed by atoms with Gasteiger partial charge in [-0.25, -0.2) is 0 Å². The Hall–Kier alpha value is -0.960. The lowest BCUT2D eigenvalue weighted by Gasteiger charge is -2.07. The summed E-state index contributed by atoms with van der Waals surface area (Å²) in [7, 11) is 0. The molecular formula is C16H20ClN3O2S3. The fraction of sp³-hybridized carbons (Fsp3) is 0.438. The Balaban J connectivity index is 1.60. The molecule has 0 atom stereocenters. The van der Waals surface area contributed by atoms with Crippen molar-refractivity contribution in [2.45, 2.75) is 22.5 Å². The van der Waals surface area contributed by atoms with Gasteiger partial charge in [-0.05, 0) is 30.2 Å². The third-order valence-corrected chi connectivity index (χ3v) is 6.63. The van der Waals surface area contributed by atoms with E-state index in [1.807, 2.05) is 0 Å². The van der Waals surface area contributed by atoms with E-state index in [2.05, 4.69) is 29.4 Å². The third kappa shape index (κ3) is 8.31. The summed E-state index contributed by atoms with van der Waals surface area (Å²) < 4.78 is 7.29. The lowest BCUT2D eigenvalue weighted by atomic mass is 10.3. The summed E-state index contributed by atoms with van der Waals surface area (Å²) >= 11 is 10.4. The fourth-order valence-electron chi connectivity index (χ4n) is 1.62. The molecule has 0 bridgehead atoms. The molecule has 1 N–H and O–H groups in total. The standard InChI is InChI=1S/C16H20ClN3O2S3/c1-11(2)9-23-15-19-20-16(25-15)24-10-14(21)18-7-8-22-13-5-3-12(17)4-6-13/h3-6,11H,7-10H2,1-2H3,(H,18,21). The molecule has 0 radical (unpaired) electrons. The van der Waals surface area contributed by atoms with E-state index in [0.717, 1.165) is 20.2 Å². The minimum atomic E-state index is -0.0451. The molecule has 2 rings (SSSR count). The highest BCUT2D eigenvalue weighted by atomic mass is 35.5. The molecule has 5 nitrogen and oxygen atoms in total. The zero-order valence-electron chi connectivity index (χ0n) is 14.0. The zero-order valence-corrected chi connectivity index (χ0v) is 17.2. The number of rotatable bonds is 10. The van der Waals surface area contributed by atoms with Gasteiger partial charge in [0.05, 0.1) is 12.3 Å². The molecule has 0 saturated heterocycles. The van der Waals surface area contributed by atoms with Crippen LogP contribution in [0.2, 0.25) is 5.02 Å². The molecule has 0 aliphatic rings. The van der Waals surface area contributed by atoms with Crippen LogP contribution in [0.25, 0.3) is 0 Å². The van der Waals surface area contributed by atoms with E-state index < -0.39 is 0 Å². The molecule has 0 spiro atoms. The van der Waals surface area contributed by atoms with Crippen LogP contribution >= 0.6 is 46.5 Å². The smallest absolute Gasteiger partial charge is 0.230 e. The Morgan fingerprint density at radius 3 is 2.60 bits per heavy atom. The van der Waals surface area contributed by atoms with E-state index in [9.17, 15) is 4.79 Å². The minimum Gasteiger partial charge on any atom is -0.492 e. The first-order chi connectivity index (χ1) is 12.0. The molecule has 1 amide bonds. The van der Waals surface area contributed by atoms with Crippen LogP contribution < -0.4 is 10.1 Å². The van der Waals surface area contributed by atoms with Crippen molar-refractivity contribution in [3.63, 3.8) is 0 Å². The number of hydrogen-bond acceptors (Lipinski definition) is 7. The van der Waals surface area contributed by atoms with Gasteiger partial charge in [-0.15, -0.1) is 10.2 Å². The first-order valence-corrected chi connectivity index (χ1v) is 10.9. The molecule has 0 aliphatic heterocycles. The van der Waals surface area contributed by atoms with Crippen molar-refractivity contribution < 1.29 is 9.53 Å². The summed E-state index contributed by atoms with van der Waals surface area (Å²) in [6, 6.07) is 7.12. The maximum absolute atomic E-state index is 11.8. The summed E-state index contributed by atoms with van der Waals surface area (Å²) in [5, 5.41) is 11.7. The van der Waals surface area contributed by atoms with E-state index >= 15 is 0 Å². The van der Waals surface area contributed by atoms with Crippen LogP contribution in [0.15, 0.2) is 32.9 Å². The second-order valence-electron chi connectivity index (χ2n) is 5.48. The van der Waals surface area contributed by atoms with Gasteiger partial charge < -0.3 is 10.1 Å². The minimum absolute atomic E-state index is 0.0451. The third-order valence-electron chi connectivity index (χ3n) is 2.76. The van der Waals surface area contributed by atoms with Crippen molar-refractivity contribution in [1.29, 1.82) is 0 Å². The lowest BCUT2D eigenvalue weighted by molar-refractivity contribution is -0.118. The van der Waals surface area contributed by atoms with Gasteiger partial charge in [-0.3, -0.25) is 4.79 Å². The van der Waals surface area contributed by atoms with Gasteiger partial charge in [-0.2, -0.15) is 0 Å². The number of nitrogens with one attached hydrogen (secondary N) is 1. The van der Waals surface area contributed by atoms with Gasteiger partial charge in [0.2, 0.25) is 5.91 Å². The van der Waals surface area contributed by atoms with Gasteiger partial charge in [-0.1, -0.05) is 60.3 Å². The summed E-state index contributed by atoms with van der Waals surface area (Å²) in [6.45, 7) is 5.20. The topological polar surface area (TPSA) is 64.1 Å². The van der Waals surface area contributed by atoms with Crippen molar-refractivity contribution in [3.8, 4) is 5.75 Å². The molecule has 9 heteroatoms. The SMILES string of the molecule is CC(C)CSc1nnc(SCC(=O)NCCOc2ccc(Cl)cc2)s1. The van der Waals surface area contributed by atoms with Gasteiger partial charge >= 0.3 is 0 Å². The van der Waals surface area contributed by atoms with Gasteiger partial charge in [0, 0.05) is 10.8 Å². The van der Waals surface area contributed by atoms with Crippen LogP contribution in [-0.4, -0.2) is 40.8 Å². The number of hydrogen-bond donors (Lipinski definition) is 1. The average Bonchev–Trinajstić information content (AvgIpc) is 3.04. The normalized spacial score (nSPS) is 10.9. The summed E-state index contributed by atoms with van der Waals surface area (Å²) in [5.41, 5.74) is 0. The predicted octanol–water partition coefficient (Wildman–Crippen LogP) is 4.23. The van der Waals surface area contributed by atoms with Gasteiger partial charge in [0.15, 0.2) is 8.68 Å². The Labute approximate surface area is 165 Å². The number of nitrogens with zero attached hydrogens (tertiary/aromatic N) is 2. The number of ether oxygens (including phenoxy) is 1. The molecule has 1 aromatic heterocycles. The summed E-state index contributed by atoms with van der Waals surface area (Å²) in [4.78, 5) is 11.8. The van der Waals surface area contributed by atoms with E-state index in [0.29, 0.717) is 29.8 Å². The maximum atomic E-state index is 11.8. The molecule has 0 saturated carbocycles.